The standard InChI is InChI=1S/C42H69NO4/c1-29(2)30-20-25-42(37(46)43-28-16-14-12-10-9-11-13-15-17-35(45)47-8)27-26-40(6)31(36(30)42)18-19-33-39(5)23-22-34(44)38(3,4)32(39)21-24-41(33,40)7/h30-33,36H,1,9-28H2,2-8H3,(H,43,46)/t30-,31+,32-,33?,36+,39-,40+,41+,42-/m0/s1. The smallest absolute Gasteiger partial charge is 0.305 e. The Balaban J connectivity index is 1.22. The van der Waals surface area contributed by atoms with Gasteiger partial charge in [0.15, 0.2) is 0 Å². The van der Waals surface area contributed by atoms with Crippen LogP contribution in [-0.4, -0.2) is 31.3 Å². The molecule has 0 radical (unpaired) electrons. The first-order chi connectivity index (χ1) is 22.2. The minimum absolute atomic E-state index is 0.102. The second kappa shape index (κ2) is 13.9. The molecule has 0 aromatic heterocycles. The summed E-state index contributed by atoms with van der Waals surface area (Å²) in [5.74, 6) is 3.24. The first-order valence-corrected chi connectivity index (χ1v) is 19.7. The van der Waals surface area contributed by atoms with E-state index in [0.717, 1.165) is 70.8 Å². The minimum Gasteiger partial charge on any atom is -0.469 e. The fraction of sp³-hybridized carbons (Fsp3) is 0.881. The van der Waals surface area contributed by atoms with Gasteiger partial charge in [-0.3, -0.25) is 14.4 Å². The van der Waals surface area contributed by atoms with Crippen LogP contribution in [0.25, 0.3) is 0 Å². The maximum absolute atomic E-state index is 14.4. The zero-order chi connectivity index (χ0) is 34.3. The van der Waals surface area contributed by atoms with Crippen LogP contribution in [0.5, 0.6) is 0 Å². The van der Waals surface area contributed by atoms with E-state index in [9.17, 15) is 14.4 Å². The number of unbranched alkanes of at least 4 members (excludes halogenated alkanes) is 7. The van der Waals surface area contributed by atoms with Crippen molar-refractivity contribution >= 4 is 17.7 Å². The molecule has 0 bridgehead atoms. The topological polar surface area (TPSA) is 72.5 Å². The molecule has 5 nitrogen and oxygen atoms in total. The van der Waals surface area contributed by atoms with E-state index in [4.69, 9.17) is 4.74 Å². The third-order valence-corrected chi connectivity index (χ3v) is 16.1. The molecule has 5 saturated carbocycles. The molecule has 1 N–H and O–H groups in total. The number of ketones is 1. The number of methoxy groups -OCH3 is 1. The van der Waals surface area contributed by atoms with Crippen molar-refractivity contribution in [1.29, 1.82) is 0 Å². The van der Waals surface area contributed by atoms with Crippen molar-refractivity contribution in [3.8, 4) is 0 Å². The third-order valence-electron chi connectivity index (χ3n) is 16.1. The molecular weight excluding hydrogens is 582 g/mol. The number of hydrogen-bond donors (Lipinski definition) is 1. The average molecular weight is 652 g/mol. The number of nitrogens with one attached hydrogen (secondary N) is 1. The number of carbonyl (C=O) groups is 3. The molecule has 47 heavy (non-hydrogen) atoms. The maximum Gasteiger partial charge on any atom is 0.305 e. The summed E-state index contributed by atoms with van der Waals surface area (Å²) in [7, 11) is 1.46. The molecule has 5 fully saturated rings. The van der Waals surface area contributed by atoms with Crippen LogP contribution < -0.4 is 5.32 Å². The predicted octanol–water partition coefficient (Wildman–Crippen LogP) is 10.0. The van der Waals surface area contributed by atoms with Crippen LogP contribution in [0.2, 0.25) is 0 Å². The van der Waals surface area contributed by atoms with Gasteiger partial charge in [-0.2, -0.15) is 0 Å². The molecule has 5 aliphatic carbocycles. The highest BCUT2D eigenvalue weighted by Gasteiger charge is 2.71. The molecule has 5 aliphatic rings. The third kappa shape index (κ3) is 6.19. The van der Waals surface area contributed by atoms with E-state index in [1.54, 1.807) is 0 Å². The number of carbonyl (C=O) groups excluding carboxylic acids is 3. The van der Waals surface area contributed by atoms with Gasteiger partial charge in [-0.1, -0.05) is 85.3 Å². The molecule has 1 amide bonds. The minimum atomic E-state index is -0.248. The van der Waals surface area contributed by atoms with Crippen molar-refractivity contribution in [2.75, 3.05) is 13.7 Å². The van der Waals surface area contributed by atoms with Crippen LogP contribution in [0.4, 0.5) is 0 Å². The van der Waals surface area contributed by atoms with Gasteiger partial charge in [0.1, 0.15) is 5.78 Å². The highest BCUT2D eigenvalue weighted by molar-refractivity contribution is 5.85. The molecule has 1 unspecified atom stereocenters. The van der Waals surface area contributed by atoms with E-state index < -0.39 is 0 Å². The second-order valence-electron chi connectivity index (χ2n) is 18.4. The largest absolute Gasteiger partial charge is 0.469 e. The van der Waals surface area contributed by atoms with E-state index in [1.165, 1.54) is 64.0 Å². The second-order valence-corrected chi connectivity index (χ2v) is 18.4. The Kier molecular flexibility index (Phi) is 10.9. The predicted molar refractivity (Wildman–Crippen MR) is 191 cm³/mol. The zero-order valence-corrected chi connectivity index (χ0v) is 31.4. The number of allylic oxidation sites excluding steroid dienone is 1. The number of fused-ring (bicyclic) bond motifs is 7. The van der Waals surface area contributed by atoms with E-state index in [-0.39, 0.29) is 33.0 Å². The van der Waals surface area contributed by atoms with Gasteiger partial charge in [0.05, 0.1) is 12.5 Å². The summed E-state index contributed by atoms with van der Waals surface area (Å²) in [6.07, 6.45) is 20.6. The van der Waals surface area contributed by atoms with Crippen molar-refractivity contribution < 1.29 is 19.1 Å². The van der Waals surface area contributed by atoms with Crippen LogP contribution >= 0.6 is 0 Å². The number of rotatable bonds is 13. The van der Waals surface area contributed by atoms with Crippen molar-refractivity contribution in [2.45, 2.75) is 164 Å². The summed E-state index contributed by atoms with van der Waals surface area (Å²) >= 11 is 0. The summed E-state index contributed by atoms with van der Waals surface area (Å²) in [5, 5.41) is 3.49. The molecule has 0 aromatic carbocycles. The lowest BCUT2D eigenvalue weighted by Crippen LogP contribution is -2.67. The quantitative estimate of drug-likeness (QED) is 0.122. The Hall–Kier alpha value is -1.65. The van der Waals surface area contributed by atoms with Gasteiger partial charge in [-0.25, -0.2) is 0 Å². The van der Waals surface area contributed by atoms with E-state index in [1.807, 2.05) is 0 Å². The first kappa shape index (κ1) is 36.6. The van der Waals surface area contributed by atoms with Crippen molar-refractivity contribution in [2.24, 2.45) is 56.7 Å². The van der Waals surface area contributed by atoms with Gasteiger partial charge in [0.2, 0.25) is 5.91 Å². The average Bonchev–Trinajstić information content (AvgIpc) is 3.43. The number of amides is 1. The molecule has 9 atom stereocenters. The summed E-state index contributed by atoms with van der Waals surface area (Å²) in [5.41, 5.74) is 1.50. The molecular formula is C42H69NO4. The van der Waals surface area contributed by atoms with E-state index in [2.05, 4.69) is 53.4 Å². The van der Waals surface area contributed by atoms with Gasteiger partial charge in [0, 0.05) is 24.8 Å². The van der Waals surface area contributed by atoms with Crippen molar-refractivity contribution in [1.82, 2.24) is 5.32 Å². The van der Waals surface area contributed by atoms with E-state index in [0.29, 0.717) is 47.7 Å². The van der Waals surface area contributed by atoms with E-state index >= 15 is 0 Å². The van der Waals surface area contributed by atoms with Crippen LogP contribution in [-0.2, 0) is 19.1 Å². The van der Waals surface area contributed by atoms with Gasteiger partial charge in [-0.05, 0) is 123 Å². The summed E-state index contributed by atoms with van der Waals surface area (Å²) in [6, 6.07) is 0. The van der Waals surface area contributed by atoms with Crippen LogP contribution in [0, 0.1) is 56.7 Å². The molecule has 0 spiro atoms. The van der Waals surface area contributed by atoms with Crippen LogP contribution in [0.1, 0.15) is 164 Å². The van der Waals surface area contributed by atoms with Crippen LogP contribution in [0.3, 0.4) is 0 Å². The fourth-order valence-electron chi connectivity index (χ4n) is 13.3. The molecule has 0 heterocycles. The maximum atomic E-state index is 14.4. The monoisotopic (exact) mass is 652 g/mol. The van der Waals surface area contributed by atoms with Crippen molar-refractivity contribution in [3.63, 3.8) is 0 Å². The summed E-state index contributed by atoms with van der Waals surface area (Å²) < 4.78 is 4.72. The summed E-state index contributed by atoms with van der Waals surface area (Å²) in [4.78, 5) is 38.7. The molecule has 0 aliphatic heterocycles. The Labute approximate surface area is 287 Å². The lowest BCUT2D eigenvalue weighted by molar-refractivity contribution is -0.233. The normalized spacial score (nSPS) is 40.4. The molecule has 5 heteroatoms. The van der Waals surface area contributed by atoms with Gasteiger partial charge in [-0.15, -0.1) is 0 Å². The van der Waals surface area contributed by atoms with Crippen molar-refractivity contribution in [3.05, 3.63) is 12.2 Å². The summed E-state index contributed by atoms with van der Waals surface area (Å²) in [6.45, 7) is 19.9. The zero-order valence-electron chi connectivity index (χ0n) is 31.4. The van der Waals surface area contributed by atoms with Gasteiger partial charge in [0.25, 0.3) is 0 Å². The highest BCUT2D eigenvalue weighted by atomic mass is 16.5. The number of hydrogen-bond acceptors (Lipinski definition) is 4. The lowest BCUT2D eigenvalue weighted by atomic mass is 9.32. The SMILES string of the molecule is C=C(C)[C@@H]1CC[C@]2(C(=O)NCCCCCCCCCCC(=O)OC)CC[C@]3(C)[C@H](CCC4[C@@]5(C)CCC(=O)C(C)(C)[C@@H]5CC[C@]43C)[C@@H]12. The Bertz CT molecular complexity index is 1190. The fourth-order valence-corrected chi connectivity index (χ4v) is 13.3. The van der Waals surface area contributed by atoms with Gasteiger partial charge < -0.3 is 10.1 Å². The Morgan fingerprint density at radius 1 is 0.787 bits per heavy atom. The molecule has 0 saturated heterocycles. The first-order valence-electron chi connectivity index (χ1n) is 19.7. The number of ether oxygens (including phenoxy) is 1. The highest BCUT2D eigenvalue weighted by Crippen LogP contribution is 2.77. The molecule has 5 rings (SSSR count). The van der Waals surface area contributed by atoms with Crippen LogP contribution in [0.15, 0.2) is 12.2 Å². The Morgan fingerprint density at radius 2 is 1.45 bits per heavy atom. The lowest BCUT2D eigenvalue weighted by Gasteiger charge is -2.72. The molecule has 0 aromatic rings. The number of esters is 1. The Morgan fingerprint density at radius 3 is 2.11 bits per heavy atom. The number of Topliss-reactive ketones (excluding diaryl/α,β-unsaturated/α-hetero) is 1. The van der Waals surface area contributed by atoms with Gasteiger partial charge >= 0.3 is 5.97 Å². The molecule has 266 valence electrons.